The van der Waals surface area contributed by atoms with Gasteiger partial charge in [-0.2, -0.15) is 0 Å². The van der Waals surface area contributed by atoms with Crippen LogP contribution >= 0.6 is 0 Å². The first kappa shape index (κ1) is 7.40. The van der Waals surface area contributed by atoms with Gasteiger partial charge in [0.1, 0.15) is 5.71 Å². The summed E-state index contributed by atoms with van der Waals surface area (Å²) >= 11 is 0. The third-order valence-electron chi connectivity index (χ3n) is 2.41. The third kappa shape index (κ3) is 0.932. The van der Waals surface area contributed by atoms with Crippen LogP contribution in [0, 0.1) is 0 Å². The Labute approximate surface area is 71.3 Å². The number of nitrogens with zero attached hydrogens (tertiary/aromatic N) is 2. The van der Waals surface area contributed by atoms with E-state index in [9.17, 15) is 0 Å². The second kappa shape index (κ2) is 2.66. The molecule has 0 radical (unpaired) electrons. The molecule has 2 rings (SSSR count). The number of hydrogen-bond acceptors (Lipinski definition) is 2. The average molecular weight is 164 g/mol. The van der Waals surface area contributed by atoms with Crippen molar-refractivity contribution in [3.8, 4) is 0 Å². The minimum atomic E-state index is 0.823. The Bertz CT molecular complexity index is 325. The van der Waals surface area contributed by atoms with Crippen molar-refractivity contribution in [2.75, 3.05) is 0 Å². The monoisotopic (exact) mass is 164 g/mol. The molecular weight excluding hydrogens is 152 g/mol. The Hall–Kier alpha value is -1.25. The first-order valence-corrected chi connectivity index (χ1v) is 4.18. The van der Waals surface area contributed by atoms with Gasteiger partial charge in [-0.05, 0) is 30.9 Å². The first-order chi connectivity index (χ1) is 5.83. The predicted octanol–water partition coefficient (Wildman–Crippen LogP) is 1.54. The van der Waals surface area contributed by atoms with E-state index in [1.807, 2.05) is 17.8 Å². The van der Waals surface area contributed by atoms with E-state index in [4.69, 9.17) is 5.21 Å². The van der Waals surface area contributed by atoms with E-state index in [0.29, 0.717) is 0 Å². The summed E-state index contributed by atoms with van der Waals surface area (Å²) in [6.45, 7) is 0. The number of aryl methyl sites for hydroxylation is 2. The maximum absolute atomic E-state index is 8.76. The fourth-order valence-corrected chi connectivity index (χ4v) is 1.83. The Morgan fingerprint density at radius 3 is 3.08 bits per heavy atom. The maximum Gasteiger partial charge on any atom is 0.103 e. The summed E-state index contributed by atoms with van der Waals surface area (Å²) in [6, 6.07) is 2.10. The van der Waals surface area contributed by atoms with E-state index in [0.717, 1.165) is 30.7 Å². The summed E-state index contributed by atoms with van der Waals surface area (Å²) in [5, 5.41) is 12.1. The molecule has 0 spiro atoms. The van der Waals surface area contributed by atoms with Gasteiger partial charge < -0.3 is 9.77 Å². The van der Waals surface area contributed by atoms with Crippen molar-refractivity contribution in [3.05, 3.63) is 23.5 Å². The van der Waals surface area contributed by atoms with Crippen molar-refractivity contribution in [1.29, 1.82) is 0 Å². The van der Waals surface area contributed by atoms with Gasteiger partial charge in [0.15, 0.2) is 0 Å². The number of aromatic nitrogens is 1. The zero-order valence-electron chi connectivity index (χ0n) is 7.12. The minimum absolute atomic E-state index is 0.823. The molecule has 0 aliphatic heterocycles. The summed E-state index contributed by atoms with van der Waals surface area (Å²) in [5.74, 6) is 0. The molecule has 12 heavy (non-hydrogen) atoms. The SMILES string of the molecule is Cn1ccc2c1/C(=N\O)CCC2. The van der Waals surface area contributed by atoms with E-state index in [-0.39, 0.29) is 0 Å². The molecule has 3 nitrogen and oxygen atoms in total. The van der Waals surface area contributed by atoms with Crippen LogP contribution in [-0.2, 0) is 13.5 Å². The molecule has 3 heteroatoms. The van der Waals surface area contributed by atoms with E-state index in [1.54, 1.807) is 0 Å². The molecule has 0 saturated carbocycles. The van der Waals surface area contributed by atoms with Gasteiger partial charge in [-0.1, -0.05) is 5.16 Å². The Kier molecular flexibility index (Phi) is 1.64. The molecule has 1 aromatic rings. The van der Waals surface area contributed by atoms with Crippen LogP contribution in [0.1, 0.15) is 24.1 Å². The number of oxime groups is 1. The maximum atomic E-state index is 8.76. The second-order valence-corrected chi connectivity index (χ2v) is 3.20. The van der Waals surface area contributed by atoms with E-state index < -0.39 is 0 Å². The average Bonchev–Trinajstić information content (AvgIpc) is 2.48. The van der Waals surface area contributed by atoms with Crippen LogP contribution in [0.3, 0.4) is 0 Å². The van der Waals surface area contributed by atoms with Crippen LogP contribution < -0.4 is 0 Å². The smallest absolute Gasteiger partial charge is 0.103 e. The van der Waals surface area contributed by atoms with Crippen molar-refractivity contribution >= 4 is 5.71 Å². The molecule has 0 unspecified atom stereocenters. The van der Waals surface area contributed by atoms with Gasteiger partial charge in [0.05, 0.1) is 5.69 Å². The zero-order chi connectivity index (χ0) is 8.55. The lowest BCUT2D eigenvalue weighted by molar-refractivity contribution is 0.317. The molecule has 1 aromatic heterocycles. The molecule has 0 saturated heterocycles. The summed E-state index contributed by atoms with van der Waals surface area (Å²) < 4.78 is 2.02. The van der Waals surface area contributed by atoms with Gasteiger partial charge in [0.25, 0.3) is 0 Å². The van der Waals surface area contributed by atoms with Crippen LogP contribution in [-0.4, -0.2) is 15.5 Å². The van der Waals surface area contributed by atoms with Crippen LogP contribution in [0.2, 0.25) is 0 Å². The fourth-order valence-electron chi connectivity index (χ4n) is 1.83. The molecule has 64 valence electrons. The van der Waals surface area contributed by atoms with Gasteiger partial charge in [0, 0.05) is 13.2 Å². The predicted molar refractivity (Wildman–Crippen MR) is 46.7 cm³/mol. The highest BCUT2D eigenvalue weighted by molar-refractivity contribution is 6.01. The lowest BCUT2D eigenvalue weighted by atomic mass is 9.96. The summed E-state index contributed by atoms with van der Waals surface area (Å²) in [4.78, 5) is 0. The van der Waals surface area contributed by atoms with Crippen molar-refractivity contribution in [1.82, 2.24) is 4.57 Å². The van der Waals surface area contributed by atoms with Gasteiger partial charge in [-0.15, -0.1) is 0 Å². The normalized spacial score (nSPS) is 19.6. The first-order valence-electron chi connectivity index (χ1n) is 4.18. The van der Waals surface area contributed by atoms with Gasteiger partial charge >= 0.3 is 0 Å². The highest BCUT2D eigenvalue weighted by Crippen LogP contribution is 2.21. The molecule has 1 N–H and O–H groups in total. The van der Waals surface area contributed by atoms with E-state index in [1.165, 1.54) is 5.56 Å². The number of hydrogen-bond donors (Lipinski definition) is 1. The number of rotatable bonds is 0. The molecule has 0 atom stereocenters. The van der Waals surface area contributed by atoms with E-state index in [2.05, 4.69) is 11.2 Å². The third-order valence-corrected chi connectivity index (χ3v) is 2.41. The molecular formula is C9H12N2O. The Morgan fingerprint density at radius 1 is 1.50 bits per heavy atom. The second-order valence-electron chi connectivity index (χ2n) is 3.20. The van der Waals surface area contributed by atoms with Crippen molar-refractivity contribution in [2.24, 2.45) is 12.2 Å². The van der Waals surface area contributed by atoms with Crippen molar-refractivity contribution in [3.63, 3.8) is 0 Å². The van der Waals surface area contributed by atoms with E-state index >= 15 is 0 Å². The van der Waals surface area contributed by atoms with Crippen molar-refractivity contribution in [2.45, 2.75) is 19.3 Å². The Morgan fingerprint density at radius 2 is 2.33 bits per heavy atom. The van der Waals surface area contributed by atoms with Crippen molar-refractivity contribution < 1.29 is 5.21 Å². The molecule has 1 aliphatic rings. The molecule has 1 aliphatic carbocycles. The largest absolute Gasteiger partial charge is 0.411 e. The highest BCUT2D eigenvalue weighted by Gasteiger charge is 2.18. The fraction of sp³-hybridized carbons (Fsp3) is 0.444. The molecule has 0 bridgehead atoms. The lowest BCUT2D eigenvalue weighted by Crippen LogP contribution is -2.14. The standard InChI is InChI=1S/C9H12N2O/c1-11-6-5-7-3-2-4-8(10-12)9(7)11/h5-6,12H,2-4H2,1H3/b10-8-. The van der Waals surface area contributed by atoms with Gasteiger partial charge in [0.2, 0.25) is 0 Å². The summed E-state index contributed by atoms with van der Waals surface area (Å²) in [5.41, 5.74) is 3.23. The van der Waals surface area contributed by atoms with Gasteiger partial charge in [-0.3, -0.25) is 0 Å². The summed E-state index contributed by atoms with van der Waals surface area (Å²) in [7, 11) is 1.98. The summed E-state index contributed by atoms with van der Waals surface area (Å²) in [6.07, 6.45) is 5.11. The minimum Gasteiger partial charge on any atom is -0.411 e. The van der Waals surface area contributed by atoms with Crippen LogP contribution in [0.4, 0.5) is 0 Å². The van der Waals surface area contributed by atoms with Crippen LogP contribution in [0.15, 0.2) is 17.4 Å². The van der Waals surface area contributed by atoms with Gasteiger partial charge in [-0.25, -0.2) is 0 Å². The Balaban J connectivity index is 2.55. The quantitative estimate of drug-likeness (QED) is 0.458. The highest BCUT2D eigenvalue weighted by atomic mass is 16.4. The molecule has 1 heterocycles. The zero-order valence-corrected chi connectivity index (χ0v) is 7.12. The van der Waals surface area contributed by atoms with Crippen LogP contribution in [0.25, 0.3) is 0 Å². The topological polar surface area (TPSA) is 37.5 Å². The molecule has 0 fully saturated rings. The van der Waals surface area contributed by atoms with Crippen LogP contribution in [0.5, 0.6) is 0 Å². The number of fused-ring (bicyclic) bond motifs is 1. The lowest BCUT2D eigenvalue weighted by Gasteiger charge is -2.14. The molecule has 0 amide bonds. The molecule has 0 aromatic carbocycles.